The molecule has 0 unspecified atom stereocenters. The van der Waals surface area contributed by atoms with E-state index in [0.29, 0.717) is 30.3 Å². The molecule has 4 rings (SSSR count). The lowest BCUT2D eigenvalue weighted by Crippen LogP contribution is -2.50. The zero-order valence-corrected chi connectivity index (χ0v) is 19.0. The fraction of sp³-hybridized carbons (Fsp3) is 0.696. The standard InChI is InChI=1S/C23H34N4O5/c1-3-26(22(30)31)17-13-19(32-2)20(24-14-17)25-11-4-9-23(15-25)10-12-27(21(23)29)16-5-7-18(28)8-6-16/h13-14,16,18,28H,3-12,15H2,1-2H3,(H,30,31)/t16-,18-,23-/m0/s1. The molecule has 1 aromatic heterocycles. The summed E-state index contributed by atoms with van der Waals surface area (Å²) in [5.74, 6) is 1.41. The molecule has 2 saturated heterocycles. The van der Waals surface area contributed by atoms with Gasteiger partial charge >= 0.3 is 6.09 Å². The van der Waals surface area contributed by atoms with Crippen molar-refractivity contribution >= 4 is 23.5 Å². The summed E-state index contributed by atoms with van der Waals surface area (Å²) in [5, 5.41) is 19.2. The van der Waals surface area contributed by atoms with Crippen LogP contribution in [0.5, 0.6) is 5.75 Å². The summed E-state index contributed by atoms with van der Waals surface area (Å²) >= 11 is 0. The maximum absolute atomic E-state index is 13.6. The highest BCUT2D eigenvalue weighted by Crippen LogP contribution is 2.44. The minimum atomic E-state index is -1.03. The van der Waals surface area contributed by atoms with Crippen LogP contribution >= 0.6 is 0 Å². The van der Waals surface area contributed by atoms with Crippen LogP contribution in [0.3, 0.4) is 0 Å². The number of carbonyl (C=O) groups is 2. The van der Waals surface area contributed by atoms with E-state index in [4.69, 9.17) is 4.74 Å². The van der Waals surface area contributed by atoms with E-state index in [-0.39, 0.29) is 18.1 Å². The number of methoxy groups -OCH3 is 1. The largest absolute Gasteiger partial charge is 0.493 e. The number of carbonyl (C=O) groups excluding carboxylic acids is 1. The predicted molar refractivity (Wildman–Crippen MR) is 120 cm³/mol. The van der Waals surface area contributed by atoms with E-state index in [0.717, 1.165) is 58.0 Å². The summed E-state index contributed by atoms with van der Waals surface area (Å²) in [5.41, 5.74) is 0.0610. The van der Waals surface area contributed by atoms with Crippen LogP contribution < -0.4 is 14.5 Å². The number of nitrogens with zero attached hydrogens (tertiary/aromatic N) is 4. The Hall–Kier alpha value is -2.55. The Bertz CT molecular complexity index is 857. The Kier molecular flexibility index (Phi) is 6.46. The van der Waals surface area contributed by atoms with Gasteiger partial charge in [-0.15, -0.1) is 0 Å². The molecule has 2 aliphatic heterocycles. The minimum absolute atomic E-state index is 0.227. The van der Waals surface area contributed by atoms with Crippen LogP contribution in [0.2, 0.25) is 0 Å². The zero-order chi connectivity index (χ0) is 22.9. The smallest absolute Gasteiger partial charge is 0.411 e. The predicted octanol–water partition coefficient (Wildman–Crippen LogP) is 2.72. The van der Waals surface area contributed by atoms with Crippen molar-refractivity contribution in [2.45, 2.75) is 64.0 Å². The van der Waals surface area contributed by atoms with Gasteiger partial charge in [0.25, 0.3) is 0 Å². The summed E-state index contributed by atoms with van der Waals surface area (Å²) < 4.78 is 5.58. The number of aliphatic hydroxyl groups excluding tert-OH is 1. The second kappa shape index (κ2) is 9.13. The molecule has 1 saturated carbocycles. The molecule has 3 fully saturated rings. The molecule has 2 amide bonds. The molecule has 9 heteroatoms. The van der Waals surface area contributed by atoms with E-state index in [9.17, 15) is 19.8 Å². The molecule has 176 valence electrons. The van der Waals surface area contributed by atoms with Gasteiger partial charge in [0.15, 0.2) is 11.6 Å². The average molecular weight is 447 g/mol. The van der Waals surface area contributed by atoms with Crippen LogP contribution in [0.25, 0.3) is 0 Å². The number of rotatable bonds is 5. The molecular weight excluding hydrogens is 412 g/mol. The third-order valence-corrected chi connectivity index (χ3v) is 7.43. The molecule has 0 aromatic carbocycles. The Labute approximate surface area is 189 Å². The molecule has 3 aliphatic rings. The fourth-order valence-corrected chi connectivity index (χ4v) is 5.65. The Morgan fingerprint density at radius 2 is 2.03 bits per heavy atom. The van der Waals surface area contributed by atoms with Crippen molar-refractivity contribution < 1.29 is 24.5 Å². The second-order valence-corrected chi connectivity index (χ2v) is 9.26. The quantitative estimate of drug-likeness (QED) is 0.716. The van der Waals surface area contributed by atoms with Gasteiger partial charge in [0, 0.05) is 38.3 Å². The first-order valence-electron chi connectivity index (χ1n) is 11.7. The number of aliphatic hydroxyl groups is 1. The van der Waals surface area contributed by atoms with Crippen LogP contribution in [-0.2, 0) is 4.79 Å². The SMILES string of the molecule is CCN(C(=O)O)c1cnc(N2CCC[C@]3(CCN([C@H]4CC[C@H](O)CC4)C3=O)C2)c(OC)c1. The number of pyridine rings is 1. The molecule has 1 atom stereocenters. The van der Waals surface area contributed by atoms with Gasteiger partial charge in [-0.2, -0.15) is 0 Å². The van der Waals surface area contributed by atoms with E-state index in [1.54, 1.807) is 26.3 Å². The highest BCUT2D eigenvalue weighted by Gasteiger charge is 2.51. The van der Waals surface area contributed by atoms with Crippen molar-refractivity contribution in [3.8, 4) is 5.75 Å². The van der Waals surface area contributed by atoms with Crippen LogP contribution in [0.1, 0.15) is 51.9 Å². The lowest BCUT2D eigenvalue weighted by molar-refractivity contribution is -0.139. The molecule has 1 aromatic rings. The van der Waals surface area contributed by atoms with Crippen LogP contribution in [0.15, 0.2) is 12.3 Å². The summed E-state index contributed by atoms with van der Waals surface area (Å²) in [7, 11) is 1.56. The Morgan fingerprint density at radius 1 is 1.28 bits per heavy atom. The highest BCUT2D eigenvalue weighted by molar-refractivity contribution is 5.87. The number of likely N-dealkylation sites (tertiary alicyclic amines) is 1. The molecule has 2 N–H and O–H groups in total. The minimum Gasteiger partial charge on any atom is -0.493 e. The van der Waals surface area contributed by atoms with Crippen LogP contribution in [0, 0.1) is 5.41 Å². The number of ether oxygens (including phenoxy) is 1. The Morgan fingerprint density at radius 3 is 2.69 bits per heavy atom. The fourth-order valence-electron chi connectivity index (χ4n) is 5.65. The number of piperidine rings is 1. The van der Waals surface area contributed by atoms with Gasteiger partial charge in [0.1, 0.15) is 0 Å². The van der Waals surface area contributed by atoms with Gasteiger partial charge in [-0.25, -0.2) is 9.78 Å². The summed E-state index contributed by atoms with van der Waals surface area (Å²) in [4.78, 5) is 35.0. The van der Waals surface area contributed by atoms with E-state index in [2.05, 4.69) is 14.8 Å². The number of hydrogen-bond donors (Lipinski definition) is 2. The number of carboxylic acid groups (broad SMARTS) is 1. The van der Waals surface area contributed by atoms with Gasteiger partial charge in [0.2, 0.25) is 5.91 Å². The van der Waals surface area contributed by atoms with Gasteiger partial charge in [-0.05, 0) is 51.9 Å². The maximum Gasteiger partial charge on any atom is 0.411 e. The molecule has 9 nitrogen and oxygen atoms in total. The number of anilines is 2. The first kappa shape index (κ1) is 22.6. The maximum atomic E-state index is 13.6. The average Bonchev–Trinajstić information content (AvgIpc) is 3.09. The number of aromatic nitrogens is 1. The van der Waals surface area contributed by atoms with Crippen molar-refractivity contribution in [3.05, 3.63) is 12.3 Å². The van der Waals surface area contributed by atoms with Gasteiger partial charge in [0.05, 0.1) is 30.5 Å². The molecule has 1 spiro atoms. The first-order valence-corrected chi connectivity index (χ1v) is 11.7. The Balaban J connectivity index is 1.53. The van der Waals surface area contributed by atoms with Crippen molar-refractivity contribution in [3.63, 3.8) is 0 Å². The van der Waals surface area contributed by atoms with E-state index < -0.39 is 11.5 Å². The summed E-state index contributed by atoms with van der Waals surface area (Å²) in [6, 6.07) is 1.95. The normalized spacial score (nSPS) is 28.3. The van der Waals surface area contributed by atoms with Gasteiger partial charge < -0.3 is 24.7 Å². The second-order valence-electron chi connectivity index (χ2n) is 9.26. The van der Waals surface area contributed by atoms with Gasteiger partial charge in [-0.3, -0.25) is 9.69 Å². The van der Waals surface area contributed by atoms with E-state index in [1.807, 2.05) is 0 Å². The number of amides is 2. The summed E-state index contributed by atoms with van der Waals surface area (Å²) in [6.45, 7) is 4.24. The molecule has 3 heterocycles. The third-order valence-electron chi connectivity index (χ3n) is 7.43. The van der Waals surface area contributed by atoms with E-state index >= 15 is 0 Å². The van der Waals surface area contributed by atoms with Crippen molar-refractivity contribution in [1.29, 1.82) is 0 Å². The highest BCUT2D eigenvalue weighted by atomic mass is 16.5. The lowest BCUT2D eigenvalue weighted by atomic mass is 9.78. The number of hydrogen-bond acceptors (Lipinski definition) is 6. The molecule has 1 aliphatic carbocycles. The molecular formula is C23H34N4O5. The van der Waals surface area contributed by atoms with Gasteiger partial charge in [-0.1, -0.05) is 0 Å². The van der Waals surface area contributed by atoms with Crippen molar-refractivity contribution in [2.75, 3.05) is 43.1 Å². The topological polar surface area (TPSA) is 106 Å². The lowest BCUT2D eigenvalue weighted by Gasteiger charge is -2.41. The van der Waals surface area contributed by atoms with E-state index in [1.165, 1.54) is 4.90 Å². The third kappa shape index (κ3) is 4.10. The molecule has 32 heavy (non-hydrogen) atoms. The van der Waals surface area contributed by atoms with Crippen LogP contribution in [-0.4, -0.2) is 77.5 Å². The monoisotopic (exact) mass is 446 g/mol. The molecule has 0 bridgehead atoms. The zero-order valence-electron chi connectivity index (χ0n) is 19.0. The summed E-state index contributed by atoms with van der Waals surface area (Å²) in [6.07, 6.45) is 6.20. The van der Waals surface area contributed by atoms with Crippen molar-refractivity contribution in [2.24, 2.45) is 5.41 Å². The first-order chi connectivity index (χ1) is 15.4. The van der Waals surface area contributed by atoms with Crippen LogP contribution in [0.4, 0.5) is 16.3 Å². The van der Waals surface area contributed by atoms with Crippen molar-refractivity contribution in [1.82, 2.24) is 9.88 Å². The molecule has 0 radical (unpaired) electrons.